The number of amides is 1. The number of carbonyl (C=O) groups excluding carboxylic acids is 1. The van der Waals surface area contributed by atoms with Gasteiger partial charge in [0.05, 0.1) is 31.3 Å². The summed E-state index contributed by atoms with van der Waals surface area (Å²) in [5, 5.41) is 12.9. The van der Waals surface area contributed by atoms with E-state index in [0.717, 1.165) is 60.4 Å². The van der Waals surface area contributed by atoms with Gasteiger partial charge in [-0.15, -0.1) is 0 Å². The van der Waals surface area contributed by atoms with Crippen molar-refractivity contribution in [3.8, 4) is 11.5 Å². The van der Waals surface area contributed by atoms with Crippen LogP contribution in [0.15, 0.2) is 91.0 Å². The summed E-state index contributed by atoms with van der Waals surface area (Å²) in [5.74, 6) is 2.47. The predicted octanol–water partition coefficient (Wildman–Crippen LogP) is 8.57. The van der Waals surface area contributed by atoms with E-state index in [9.17, 15) is 9.90 Å². The van der Waals surface area contributed by atoms with Crippen molar-refractivity contribution >= 4 is 23.2 Å². The molecule has 6 nitrogen and oxygen atoms in total. The zero-order chi connectivity index (χ0) is 34.3. The molecule has 0 spiro atoms. The molecule has 7 rings (SSSR count). The number of halogens is 1. The molecule has 0 bridgehead atoms. The molecular weight excluding hydrogens is 632 g/mol. The summed E-state index contributed by atoms with van der Waals surface area (Å²) in [7, 11) is 1.62. The number of likely N-dealkylation sites (tertiary alicyclic amines) is 1. The second-order valence-corrected chi connectivity index (χ2v) is 15.0. The summed E-state index contributed by atoms with van der Waals surface area (Å²) < 4.78 is 11.8. The van der Waals surface area contributed by atoms with E-state index in [4.69, 9.17) is 21.1 Å². The van der Waals surface area contributed by atoms with Crippen molar-refractivity contribution in [2.75, 3.05) is 25.1 Å². The van der Waals surface area contributed by atoms with Gasteiger partial charge in [-0.3, -0.25) is 9.69 Å². The average molecular weight is 679 g/mol. The summed E-state index contributed by atoms with van der Waals surface area (Å²) in [6.07, 6.45) is 3.57. The molecule has 1 amide bonds. The van der Waals surface area contributed by atoms with Crippen molar-refractivity contribution in [2.24, 2.45) is 17.8 Å². The molecule has 5 atom stereocenters. The quantitative estimate of drug-likeness (QED) is 0.192. The van der Waals surface area contributed by atoms with Crippen molar-refractivity contribution in [1.82, 2.24) is 4.90 Å². The van der Waals surface area contributed by atoms with Crippen LogP contribution in [-0.2, 0) is 23.4 Å². The maximum Gasteiger partial charge on any atom is 0.232 e. The van der Waals surface area contributed by atoms with Crippen molar-refractivity contribution in [3.63, 3.8) is 0 Å². The molecule has 1 saturated carbocycles. The van der Waals surface area contributed by atoms with Crippen molar-refractivity contribution in [2.45, 2.75) is 70.7 Å². The summed E-state index contributed by atoms with van der Waals surface area (Å²) in [4.78, 5) is 18.5. The second-order valence-electron chi connectivity index (χ2n) is 14.6. The number of rotatable bonds is 9. The van der Waals surface area contributed by atoms with Gasteiger partial charge in [-0.05, 0) is 116 Å². The molecule has 49 heavy (non-hydrogen) atoms. The number of hydrogen-bond acceptors (Lipinski definition) is 5. The van der Waals surface area contributed by atoms with Crippen LogP contribution in [0.2, 0.25) is 5.02 Å². The molecular formula is C42H47ClN2O4. The van der Waals surface area contributed by atoms with E-state index in [1.807, 2.05) is 86.3 Å². The van der Waals surface area contributed by atoms with Gasteiger partial charge >= 0.3 is 0 Å². The lowest BCUT2D eigenvalue weighted by Crippen LogP contribution is -2.42. The van der Waals surface area contributed by atoms with Crippen LogP contribution in [0, 0.1) is 17.8 Å². The van der Waals surface area contributed by atoms with Crippen LogP contribution in [0.25, 0.3) is 0 Å². The number of aliphatic hydroxyl groups is 1. The summed E-state index contributed by atoms with van der Waals surface area (Å²) >= 11 is 6.31. The highest BCUT2D eigenvalue weighted by molar-refractivity contribution is 6.30. The van der Waals surface area contributed by atoms with Crippen molar-refractivity contribution in [1.29, 1.82) is 0 Å². The lowest BCUT2D eigenvalue weighted by Gasteiger charge is -2.43. The lowest BCUT2D eigenvalue weighted by atomic mass is 9.65. The minimum Gasteiger partial charge on any atom is -0.493 e. The van der Waals surface area contributed by atoms with Crippen LogP contribution in [0.5, 0.6) is 11.5 Å². The van der Waals surface area contributed by atoms with Crippen LogP contribution >= 0.6 is 11.6 Å². The molecule has 0 radical (unpaired) electrons. The molecule has 1 saturated heterocycles. The van der Waals surface area contributed by atoms with Gasteiger partial charge in [0.2, 0.25) is 5.91 Å². The number of hydrogen-bond donors (Lipinski definition) is 1. The minimum absolute atomic E-state index is 0.00822. The number of anilines is 1. The smallest absolute Gasteiger partial charge is 0.232 e. The fourth-order valence-electron chi connectivity index (χ4n) is 8.74. The molecule has 256 valence electrons. The Balaban J connectivity index is 1.19. The Morgan fingerprint density at radius 2 is 1.67 bits per heavy atom. The molecule has 1 N–H and O–H groups in total. The summed E-state index contributed by atoms with van der Waals surface area (Å²) in [5.41, 5.74) is 4.89. The SMILES string of the molecule is COc1cc2c(cc1OC(C)C)[C@H](c1ccc(Cl)cc1)N(c1ccc(C(C)(O)C3CCC[C@@H]4CN(Cc5ccccc5)CC34)cc1)C(=O)C2. The van der Waals surface area contributed by atoms with Gasteiger partial charge in [0.25, 0.3) is 0 Å². The highest BCUT2D eigenvalue weighted by atomic mass is 35.5. The molecule has 7 heteroatoms. The molecule has 2 heterocycles. The van der Waals surface area contributed by atoms with E-state index in [1.165, 1.54) is 12.0 Å². The van der Waals surface area contributed by atoms with Crippen molar-refractivity contribution in [3.05, 3.63) is 124 Å². The Hall–Kier alpha value is -3.84. The van der Waals surface area contributed by atoms with E-state index in [-0.39, 0.29) is 24.3 Å². The highest BCUT2D eigenvalue weighted by Crippen LogP contribution is 2.49. The van der Waals surface area contributed by atoms with E-state index in [0.29, 0.717) is 28.4 Å². The van der Waals surface area contributed by atoms with Gasteiger partial charge in [-0.25, -0.2) is 0 Å². The number of nitrogens with zero attached hydrogens (tertiary/aromatic N) is 2. The standard InChI is InChI=1S/C42H47ClN2O4/c1-27(2)49-39-23-35-31(21-38(39)48-4)22-40(46)45(41(35)29-13-17-33(43)18-14-29)34-19-15-32(16-20-34)42(3,47)37-12-8-11-30-25-44(26-36(30)37)24-28-9-6-5-7-10-28/h5-7,9-10,13-21,23,27,30,36-37,41,47H,8,11-12,22,24-26H2,1-4H3/t30-,36?,37?,41+,42?/m1/s1. The Bertz CT molecular complexity index is 1770. The van der Waals surface area contributed by atoms with Gasteiger partial charge in [0, 0.05) is 30.3 Å². The molecule has 3 aliphatic rings. The third-order valence-corrected chi connectivity index (χ3v) is 11.3. The summed E-state index contributed by atoms with van der Waals surface area (Å²) in [6, 6.07) is 30.0. The first-order valence-electron chi connectivity index (χ1n) is 17.7. The second kappa shape index (κ2) is 13.8. The Morgan fingerprint density at radius 3 is 2.37 bits per heavy atom. The zero-order valence-corrected chi connectivity index (χ0v) is 29.7. The number of methoxy groups -OCH3 is 1. The third kappa shape index (κ3) is 6.71. The number of ether oxygens (including phenoxy) is 2. The van der Waals surface area contributed by atoms with Crippen LogP contribution < -0.4 is 14.4 Å². The van der Waals surface area contributed by atoms with Gasteiger partial charge in [-0.1, -0.05) is 72.6 Å². The van der Waals surface area contributed by atoms with E-state index in [2.05, 4.69) is 35.2 Å². The van der Waals surface area contributed by atoms with E-state index in [1.54, 1.807) is 7.11 Å². The summed E-state index contributed by atoms with van der Waals surface area (Å²) in [6.45, 7) is 9.03. The maximum atomic E-state index is 14.1. The molecule has 4 aromatic rings. The first-order valence-corrected chi connectivity index (χ1v) is 18.0. The predicted molar refractivity (Wildman–Crippen MR) is 195 cm³/mol. The maximum absolute atomic E-state index is 14.1. The Labute approximate surface area is 295 Å². The third-order valence-electron chi connectivity index (χ3n) is 11.0. The fourth-order valence-corrected chi connectivity index (χ4v) is 8.86. The molecule has 4 aromatic carbocycles. The van der Waals surface area contributed by atoms with E-state index < -0.39 is 11.6 Å². The van der Waals surface area contributed by atoms with Crippen LogP contribution in [-0.4, -0.2) is 42.2 Å². The van der Waals surface area contributed by atoms with Crippen LogP contribution in [0.4, 0.5) is 5.69 Å². The van der Waals surface area contributed by atoms with E-state index >= 15 is 0 Å². The highest BCUT2D eigenvalue weighted by Gasteiger charge is 2.48. The first kappa shape index (κ1) is 33.6. The number of carbonyl (C=O) groups is 1. The van der Waals surface area contributed by atoms with Gasteiger partial charge in [0.1, 0.15) is 0 Å². The minimum atomic E-state index is -0.988. The number of benzene rings is 4. The van der Waals surface area contributed by atoms with Crippen molar-refractivity contribution < 1.29 is 19.4 Å². The topological polar surface area (TPSA) is 62.2 Å². The number of fused-ring (bicyclic) bond motifs is 2. The monoisotopic (exact) mass is 678 g/mol. The molecule has 1 aliphatic carbocycles. The largest absolute Gasteiger partial charge is 0.493 e. The fraction of sp³-hybridized carbons (Fsp3) is 0.405. The zero-order valence-electron chi connectivity index (χ0n) is 28.9. The Kier molecular flexibility index (Phi) is 9.49. The molecule has 2 aliphatic heterocycles. The molecule has 0 aromatic heterocycles. The van der Waals surface area contributed by atoms with Gasteiger partial charge in [0.15, 0.2) is 11.5 Å². The van der Waals surface area contributed by atoms with Gasteiger partial charge < -0.3 is 19.5 Å². The Morgan fingerprint density at radius 1 is 0.939 bits per heavy atom. The first-order chi connectivity index (χ1) is 23.6. The molecule has 3 unspecified atom stereocenters. The van der Waals surface area contributed by atoms with Crippen LogP contribution in [0.3, 0.4) is 0 Å². The van der Waals surface area contributed by atoms with Crippen LogP contribution in [0.1, 0.15) is 73.9 Å². The normalized spacial score (nSPS) is 23.6. The lowest BCUT2D eigenvalue weighted by molar-refractivity contribution is -0.118. The van der Waals surface area contributed by atoms with Gasteiger partial charge in [-0.2, -0.15) is 0 Å². The average Bonchev–Trinajstić information content (AvgIpc) is 3.51. The molecule has 2 fully saturated rings.